The van der Waals surface area contributed by atoms with Crippen molar-refractivity contribution in [3.63, 3.8) is 0 Å². The molecule has 1 saturated heterocycles. The van der Waals surface area contributed by atoms with Crippen molar-refractivity contribution in [1.82, 2.24) is 4.90 Å². The third-order valence-corrected chi connectivity index (χ3v) is 3.36. The van der Waals surface area contributed by atoms with Gasteiger partial charge in [0, 0.05) is 25.7 Å². The van der Waals surface area contributed by atoms with Gasteiger partial charge in [0.05, 0.1) is 13.2 Å². The zero-order chi connectivity index (χ0) is 11.1. The second kappa shape index (κ2) is 7.20. The molecule has 0 spiro atoms. The summed E-state index contributed by atoms with van der Waals surface area (Å²) >= 11 is 0. The van der Waals surface area contributed by atoms with Crippen molar-refractivity contribution in [2.75, 3.05) is 32.9 Å². The van der Waals surface area contributed by atoms with Gasteiger partial charge in [-0.1, -0.05) is 13.8 Å². The number of nitrogens with zero attached hydrogens (tertiary/aromatic N) is 1. The number of hydrogen-bond acceptors (Lipinski definition) is 3. The second-order valence-corrected chi connectivity index (χ2v) is 4.42. The molecule has 3 nitrogen and oxygen atoms in total. The predicted molar refractivity (Wildman–Crippen MR) is 62.0 cm³/mol. The normalized spacial score (nSPS) is 21.8. The molecule has 0 amide bonds. The predicted octanol–water partition coefficient (Wildman–Crippen LogP) is 1.51. The van der Waals surface area contributed by atoms with Crippen molar-refractivity contribution in [3.05, 3.63) is 0 Å². The highest BCUT2D eigenvalue weighted by atomic mass is 16.5. The quantitative estimate of drug-likeness (QED) is 0.698. The van der Waals surface area contributed by atoms with Crippen LogP contribution < -0.4 is 0 Å². The molecule has 15 heavy (non-hydrogen) atoms. The van der Waals surface area contributed by atoms with Crippen LogP contribution in [-0.2, 0) is 4.74 Å². The first-order valence-electron chi connectivity index (χ1n) is 6.24. The van der Waals surface area contributed by atoms with Crippen LogP contribution in [0, 0.1) is 5.92 Å². The van der Waals surface area contributed by atoms with Crippen molar-refractivity contribution in [2.45, 2.75) is 39.2 Å². The minimum atomic E-state index is 0.268. The number of aliphatic hydroxyl groups is 1. The van der Waals surface area contributed by atoms with Gasteiger partial charge in [-0.3, -0.25) is 4.90 Å². The van der Waals surface area contributed by atoms with Gasteiger partial charge < -0.3 is 9.84 Å². The monoisotopic (exact) mass is 215 g/mol. The van der Waals surface area contributed by atoms with Gasteiger partial charge in [0.1, 0.15) is 0 Å². The van der Waals surface area contributed by atoms with E-state index in [9.17, 15) is 0 Å². The van der Waals surface area contributed by atoms with Gasteiger partial charge in [-0.25, -0.2) is 0 Å². The largest absolute Gasteiger partial charge is 0.395 e. The van der Waals surface area contributed by atoms with Gasteiger partial charge in [0.25, 0.3) is 0 Å². The van der Waals surface area contributed by atoms with Crippen molar-refractivity contribution in [3.8, 4) is 0 Å². The van der Waals surface area contributed by atoms with Gasteiger partial charge >= 0.3 is 0 Å². The maximum Gasteiger partial charge on any atom is 0.0558 e. The lowest BCUT2D eigenvalue weighted by Crippen LogP contribution is -2.40. The van der Waals surface area contributed by atoms with E-state index in [4.69, 9.17) is 9.84 Å². The van der Waals surface area contributed by atoms with Gasteiger partial charge in [-0.05, 0) is 25.2 Å². The van der Waals surface area contributed by atoms with E-state index in [-0.39, 0.29) is 6.61 Å². The Kier molecular flexibility index (Phi) is 6.22. The van der Waals surface area contributed by atoms with Crippen molar-refractivity contribution in [2.24, 2.45) is 5.92 Å². The molecule has 0 aromatic rings. The van der Waals surface area contributed by atoms with Crippen LogP contribution in [0.3, 0.4) is 0 Å². The van der Waals surface area contributed by atoms with Crippen LogP contribution in [0.2, 0.25) is 0 Å². The highest BCUT2D eigenvalue weighted by molar-refractivity contribution is 4.74. The Morgan fingerprint density at radius 1 is 1.40 bits per heavy atom. The van der Waals surface area contributed by atoms with Crippen LogP contribution in [0.25, 0.3) is 0 Å². The number of rotatable bonds is 7. The van der Waals surface area contributed by atoms with E-state index in [0.717, 1.165) is 26.3 Å². The Hall–Kier alpha value is -0.120. The SMILES string of the molecule is CCC(CC)N(CCO)CC1CCOC1. The third kappa shape index (κ3) is 4.09. The highest BCUT2D eigenvalue weighted by Crippen LogP contribution is 2.17. The highest BCUT2D eigenvalue weighted by Gasteiger charge is 2.22. The molecule has 3 heteroatoms. The third-order valence-electron chi connectivity index (χ3n) is 3.36. The van der Waals surface area contributed by atoms with Crippen LogP contribution in [0.4, 0.5) is 0 Å². The minimum Gasteiger partial charge on any atom is -0.395 e. The molecule has 1 heterocycles. The van der Waals surface area contributed by atoms with Crippen LogP contribution >= 0.6 is 0 Å². The molecule has 1 fully saturated rings. The molecule has 0 saturated carbocycles. The Morgan fingerprint density at radius 2 is 2.13 bits per heavy atom. The summed E-state index contributed by atoms with van der Waals surface area (Å²) < 4.78 is 5.39. The zero-order valence-electron chi connectivity index (χ0n) is 10.1. The number of aliphatic hydroxyl groups excluding tert-OH is 1. The van der Waals surface area contributed by atoms with Crippen molar-refractivity contribution in [1.29, 1.82) is 0 Å². The first-order chi connectivity index (χ1) is 7.31. The molecule has 0 bridgehead atoms. The van der Waals surface area contributed by atoms with Gasteiger partial charge in [0.2, 0.25) is 0 Å². The zero-order valence-corrected chi connectivity index (χ0v) is 10.1. The molecule has 0 radical (unpaired) electrons. The summed E-state index contributed by atoms with van der Waals surface area (Å²) in [4.78, 5) is 2.43. The molecule has 1 unspecified atom stereocenters. The van der Waals surface area contributed by atoms with Crippen LogP contribution in [0.5, 0.6) is 0 Å². The Morgan fingerprint density at radius 3 is 2.60 bits per heavy atom. The Bertz CT molecular complexity index is 154. The molecule has 1 aliphatic rings. The standard InChI is InChI=1S/C12H25NO2/c1-3-12(4-2)13(6-7-14)9-11-5-8-15-10-11/h11-12,14H,3-10H2,1-2H3. The van der Waals surface area contributed by atoms with Crippen molar-refractivity contribution >= 4 is 0 Å². The molecule has 1 atom stereocenters. The minimum absolute atomic E-state index is 0.268. The average molecular weight is 215 g/mol. The fourth-order valence-electron chi connectivity index (χ4n) is 2.42. The smallest absolute Gasteiger partial charge is 0.0558 e. The summed E-state index contributed by atoms with van der Waals surface area (Å²) in [6, 6.07) is 0.623. The first-order valence-corrected chi connectivity index (χ1v) is 6.24. The van der Waals surface area contributed by atoms with E-state index < -0.39 is 0 Å². The van der Waals surface area contributed by atoms with Crippen LogP contribution in [0.1, 0.15) is 33.1 Å². The summed E-state index contributed by atoms with van der Waals surface area (Å²) in [7, 11) is 0. The van der Waals surface area contributed by atoms with E-state index in [1.165, 1.54) is 19.3 Å². The molecule has 0 aromatic carbocycles. The molecule has 1 aliphatic heterocycles. The molecular formula is C12H25NO2. The summed E-state index contributed by atoms with van der Waals surface area (Å²) in [6.07, 6.45) is 3.52. The van der Waals surface area contributed by atoms with Gasteiger partial charge in [-0.15, -0.1) is 0 Å². The first kappa shape index (κ1) is 12.9. The van der Waals surface area contributed by atoms with Crippen LogP contribution in [0.15, 0.2) is 0 Å². The maximum atomic E-state index is 9.08. The average Bonchev–Trinajstić information content (AvgIpc) is 2.72. The molecule has 1 rings (SSSR count). The van der Waals surface area contributed by atoms with E-state index in [1.54, 1.807) is 0 Å². The summed E-state index contributed by atoms with van der Waals surface area (Å²) in [6.45, 7) is 8.44. The lowest BCUT2D eigenvalue weighted by atomic mass is 10.0. The summed E-state index contributed by atoms with van der Waals surface area (Å²) in [5.74, 6) is 0.678. The fraction of sp³-hybridized carbons (Fsp3) is 1.00. The van der Waals surface area contributed by atoms with E-state index in [0.29, 0.717) is 12.0 Å². The lowest BCUT2D eigenvalue weighted by Gasteiger charge is -2.31. The van der Waals surface area contributed by atoms with E-state index >= 15 is 0 Å². The second-order valence-electron chi connectivity index (χ2n) is 4.42. The summed E-state index contributed by atoms with van der Waals surface area (Å²) in [5, 5.41) is 9.08. The van der Waals surface area contributed by atoms with Gasteiger partial charge in [-0.2, -0.15) is 0 Å². The lowest BCUT2D eigenvalue weighted by molar-refractivity contribution is 0.114. The topological polar surface area (TPSA) is 32.7 Å². The number of hydrogen-bond donors (Lipinski definition) is 1. The Labute approximate surface area is 93.4 Å². The van der Waals surface area contributed by atoms with E-state index in [1.807, 2.05) is 0 Å². The molecule has 0 aromatic heterocycles. The van der Waals surface area contributed by atoms with Gasteiger partial charge in [0.15, 0.2) is 0 Å². The maximum absolute atomic E-state index is 9.08. The molecule has 90 valence electrons. The molecule has 1 N–H and O–H groups in total. The van der Waals surface area contributed by atoms with Crippen LogP contribution in [-0.4, -0.2) is 49.0 Å². The Balaban J connectivity index is 2.40. The molecular weight excluding hydrogens is 190 g/mol. The fourth-order valence-corrected chi connectivity index (χ4v) is 2.42. The molecule has 0 aliphatic carbocycles. The summed E-state index contributed by atoms with van der Waals surface area (Å²) in [5.41, 5.74) is 0. The van der Waals surface area contributed by atoms with Crippen molar-refractivity contribution < 1.29 is 9.84 Å². The van der Waals surface area contributed by atoms with E-state index in [2.05, 4.69) is 18.7 Å². The number of ether oxygens (including phenoxy) is 1.